The van der Waals surface area contributed by atoms with Crippen LogP contribution in [-0.4, -0.2) is 6.61 Å². The molecule has 1 nitrogen and oxygen atoms in total. The molecule has 0 heterocycles. The van der Waals surface area contributed by atoms with Crippen molar-refractivity contribution in [3.05, 3.63) is 54.1 Å². The maximum absolute atomic E-state index is 5.72. The zero-order chi connectivity index (χ0) is 15.3. The largest absolute Gasteiger partial charge is 0.494 e. The van der Waals surface area contributed by atoms with Crippen molar-refractivity contribution in [3.63, 3.8) is 0 Å². The first kappa shape index (κ1) is 15.6. The van der Waals surface area contributed by atoms with Gasteiger partial charge in [0.05, 0.1) is 6.61 Å². The lowest BCUT2D eigenvalue weighted by Crippen LogP contribution is -2.10. The molecule has 2 rings (SSSR count). The van der Waals surface area contributed by atoms with Gasteiger partial charge in [-0.25, -0.2) is 0 Å². The van der Waals surface area contributed by atoms with Gasteiger partial charge in [0, 0.05) is 0 Å². The van der Waals surface area contributed by atoms with Gasteiger partial charge in [-0.2, -0.15) is 0 Å². The maximum atomic E-state index is 5.72. The fraction of sp³-hybridized carbons (Fsp3) is 0.400. The van der Waals surface area contributed by atoms with Gasteiger partial charge in [0.1, 0.15) is 5.75 Å². The monoisotopic (exact) mass is 282 g/mol. The van der Waals surface area contributed by atoms with Gasteiger partial charge < -0.3 is 4.74 Å². The molecule has 0 saturated carbocycles. The first-order chi connectivity index (χ1) is 10.0. The van der Waals surface area contributed by atoms with Crippen LogP contribution < -0.4 is 4.74 Å². The number of ether oxygens (including phenoxy) is 1. The van der Waals surface area contributed by atoms with E-state index in [4.69, 9.17) is 4.74 Å². The Labute approximate surface area is 129 Å². The van der Waals surface area contributed by atoms with Crippen LogP contribution >= 0.6 is 0 Å². The summed E-state index contributed by atoms with van der Waals surface area (Å²) in [6, 6.07) is 17.2. The summed E-state index contributed by atoms with van der Waals surface area (Å²) < 4.78 is 5.72. The second kappa shape index (κ2) is 6.80. The molecule has 1 heteroatoms. The summed E-state index contributed by atoms with van der Waals surface area (Å²) in [7, 11) is 0. The molecule has 0 saturated heterocycles. The molecule has 0 amide bonds. The maximum Gasteiger partial charge on any atom is 0.119 e. The summed E-state index contributed by atoms with van der Waals surface area (Å²) in [6.07, 6.45) is 2.27. The van der Waals surface area contributed by atoms with Crippen molar-refractivity contribution < 1.29 is 4.74 Å². The Morgan fingerprint density at radius 3 is 2.24 bits per heavy atom. The molecule has 0 radical (unpaired) electrons. The molecule has 0 aliphatic carbocycles. The quantitative estimate of drug-likeness (QED) is 0.627. The molecule has 0 aliphatic heterocycles. The molecule has 0 fully saturated rings. The molecule has 21 heavy (non-hydrogen) atoms. The van der Waals surface area contributed by atoms with Gasteiger partial charge >= 0.3 is 0 Å². The molecule has 2 aromatic rings. The van der Waals surface area contributed by atoms with E-state index in [-0.39, 0.29) is 5.41 Å². The lowest BCUT2D eigenvalue weighted by molar-refractivity contribution is 0.309. The molecule has 0 unspecified atom stereocenters. The molecule has 112 valence electrons. The third-order valence-corrected chi connectivity index (χ3v) is 3.68. The Balaban J connectivity index is 2.15. The van der Waals surface area contributed by atoms with Crippen molar-refractivity contribution in [1.82, 2.24) is 0 Å². The second-order valence-corrected chi connectivity index (χ2v) is 6.56. The fourth-order valence-corrected chi connectivity index (χ4v) is 2.24. The third-order valence-electron chi connectivity index (χ3n) is 3.68. The third kappa shape index (κ3) is 4.35. The number of rotatable bonds is 5. The van der Waals surface area contributed by atoms with Crippen LogP contribution in [0.3, 0.4) is 0 Å². The lowest BCUT2D eigenvalue weighted by atomic mass is 9.85. The number of hydrogen-bond donors (Lipinski definition) is 0. The van der Waals surface area contributed by atoms with E-state index in [1.807, 2.05) is 0 Å². The average Bonchev–Trinajstić information content (AvgIpc) is 2.47. The van der Waals surface area contributed by atoms with Crippen LogP contribution in [0, 0.1) is 0 Å². The van der Waals surface area contributed by atoms with Gasteiger partial charge in [-0.15, -0.1) is 0 Å². The van der Waals surface area contributed by atoms with Gasteiger partial charge in [0.2, 0.25) is 0 Å². The van der Waals surface area contributed by atoms with E-state index < -0.39 is 0 Å². The Kier molecular flexibility index (Phi) is 5.06. The van der Waals surface area contributed by atoms with Crippen LogP contribution in [0.25, 0.3) is 11.1 Å². The topological polar surface area (TPSA) is 9.23 Å². The highest BCUT2D eigenvalue weighted by Crippen LogP contribution is 2.28. The Bertz CT molecular complexity index is 561. The minimum Gasteiger partial charge on any atom is -0.494 e. The van der Waals surface area contributed by atoms with Crippen LogP contribution in [0.1, 0.15) is 46.1 Å². The smallest absolute Gasteiger partial charge is 0.119 e. The SMILES string of the molecule is CCCCOc1ccc(-c2cccc(C(C)(C)C)c2)cc1. The van der Waals surface area contributed by atoms with Crippen molar-refractivity contribution in [2.75, 3.05) is 6.61 Å². The molecule has 0 atom stereocenters. The van der Waals surface area contributed by atoms with Gasteiger partial charge in [0.25, 0.3) is 0 Å². The van der Waals surface area contributed by atoms with Crippen molar-refractivity contribution in [1.29, 1.82) is 0 Å². The fourth-order valence-electron chi connectivity index (χ4n) is 2.24. The van der Waals surface area contributed by atoms with Crippen LogP contribution in [0.4, 0.5) is 0 Å². The summed E-state index contributed by atoms with van der Waals surface area (Å²) in [4.78, 5) is 0. The highest BCUT2D eigenvalue weighted by molar-refractivity contribution is 5.65. The molecule has 0 bridgehead atoms. The molecule has 0 spiro atoms. The molecule has 0 aliphatic rings. The van der Waals surface area contributed by atoms with E-state index in [1.165, 1.54) is 16.7 Å². The minimum absolute atomic E-state index is 0.180. The Hall–Kier alpha value is -1.76. The standard InChI is InChI=1S/C20H26O/c1-5-6-14-21-19-12-10-16(11-13-19)17-8-7-9-18(15-17)20(2,3)4/h7-13,15H,5-6,14H2,1-4H3. The molecule has 2 aromatic carbocycles. The van der Waals surface area contributed by atoms with Gasteiger partial charge in [-0.1, -0.05) is 70.5 Å². The molecule has 0 aromatic heterocycles. The summed E-state index contributed by atoms with van der Waals surface area (Å²) in [5.41, 5.74) is 4.05. The van der Waals surface area contributed by atoms with Crippen molar-refractivity contribution in [2.45, 2.75) is 46.0 Å². The van der Waals surface area contributed by atoms with Crippen LogP contribution in [0.15, 0.2) is 48.5 Å². The summed E-state index contributed by atoms with van der Waals surface area (Å²) >= 11 is 0. The summed E-state index contributed by atoms with van der Waals surface area (Å²) in [6.45, 7) is 9.72. The Morgan fingerprint density at radius 2 is 1.62 bits per heavy atom. The van der Waals surface area contributed by atoms with Crippen molar-refractivity contribution in [3.8, 4) is 16.9 Å². The van der Waals surface area contributed by atoms with E-state index in [0.717, 1.165) is 25.2 Å². The van der Waals surface area contributed by atoms with Crippen molar-refractivity contribution in [2.24, 2.45) is 0 Å². The van der Waals surface area contributed by atoms with Crippen LogP contribution in [0.2, 0.25) is 0 Å². The predicted molar refractivity (Wildman–Crippen MR) is 91.0 cm³/mol. The first-order valence-electron chi connectivity index (χ1n) is 7.84. The number of benzene rings is 2. The van der Waals surface area contributed by atoms with Crippen LogP contribution in [-0.2, 0) is 5.41 Å². The predicted octanol–water partition coefficient (Wildman–Crippen LogP) is 5.83. The highest BCUT2D eigenvalue weighted by atomic mass is 16.5. The number of unbranched alkanes of at least 4 members (excludes halogenated alkanes) is 1. The zero-order valence-corrected chi connectivity index (χ0v) is 13.6. The lowest BCUT2D eigenvalue weighted by Gasteiger charge is -2.19. The van der Waals surface area contributed by atoms with Gasteiger partial charge in [-0.3, -0.25) is 0 Å². The highest BCUT2D eigenvalue weighted by Gasteiger charge is 2.13. The second-order valence-electron chi connectivity index (χ2n) is 6.56. The van der Waals surface area contributed by atoms with Gasteiger partial charge in [-0.05, 0) is 40.7 Å². The molecular weight excluding hydrogens is 256 g/mol. The molecule has 0 N–H and O–H groups in total. The van der Waals surface area contributed by atoms with E-state index in [1.54, 1.807) is 0 Å². The number of hydrogen-bond acceptors (Lipinski definition) is 1. The van der Waals surface area contributed by atoms with E-state index in [0.29, 0.717) is 0 Å². The van der Waals surface area contributed by atoms with E-state index >= 15 is 0 Å². The summed E-state index contributed by atoms with van der Waals surface area (Å²) in [5, 5.41) is 0. The van der Waals surface area contributed by atoms with E-state index in [2.05, 4.69) is 76.2 Å². The summed E-state index contributed by atoms with van der Waals surface area (Å²) in [5.74, 6) is 0.958. The normalized spacial score (nSPS) is 11.4. The van der Waals surface area contributed by atoms with E-state index in [9.17, 15) is 0 Å². The first-order valence-corrected chi connectivity index (χ1v) is 7.84. The average molecular weight is 282 g/mol. The zero-order valence-electron chi connectivity index (χ0n) is 13.6. The van der Waals surface area contributed by atoms with Crippen molar-refractivity contribution >= 4 is 0 Å². The molecular formula is C20H26O. The van der Waals surface area contributed by atoms with Crippen LogP contribution in [0.5, 0.6) is 5.75 Å². The minimum atomic E-state index is 0.180. The van der Waals surface area contributed by atoms with Gasteiger partial charge in [0.15, 0.2) is 0 Å². The Morgan fingerprint density at radius 1 is 0.905 bits per heavy atom.